The molecule has 6 aliphatic rings. The van der Waals surface area contributed by atoms with Gasteiger partial charge in [-0.1, -0.05) is 49.2 Å². The molecule has 248 valence electrons. The summed E-state index contributed by atoms with van der Waals surface area (Å²) in [5, 5.41) is 0. The first-order valence-corrected chi connectivity index (χ1v) is 17.7. The van der Waals surface area contributed by atoms with Gasteiger partial charge < -0.3 is 23.7 Å². The van der Waals surface area contributed by atoms with Crippen LogP contribution in [-0.4, -0.2) is 77.5 Å². The first-order chi connectivity index (χ1) is 21.5. The van der Waals surface area contributed by atoms with Gasteiger partial charge in [0.25, 0.3) is 26.7 Å². The Morgan fingerprint density at radius 1 is 0.717 bits per heavy atom. The largest absolute Gasteiger partial charge is 0.454 e. The van der Waals surface area contributed by atoms with Gasteiger partial charge in [-0.15, -0.1) is 0 Å². The molecule has 15 heteroatoms. The van der Waals surface area contributed by atoms with Crippen LogP contribution < -0.4 is 0 Å². The van der Waals surface area contributed by atoms with Gasteiger partial charge in [0.2, 0.25) is 5.60 Å². The molecule has 6 bridgehead atoms. The highest BCUT2D eigenvalue weighted by atomic mass is 32.2. The van der Waals surface area contributed by atoms with E-state index in [0.717, 1.165) is 11.1 Å². The fraction of sp³-hybridized carbons (Fsp3) is 0.548. The number of aryl methyl sites for hydroxylation is 2. The predicted molar refractivity (Wildman–Crippen MR) is 155 cm³/mol. The topological polar surface area (TPSA) is 167 Å². The normalized spacial score (nSPS) is 37.3. The van der Waals surface area contributed by atoms with Crippen LogP contribution in [0.2, 0.25) is 0 Å². The number of benzene rings is 2. The van der Waals surface area contributed by atoms with E-state index in [9.17, 15) is 26.4 Å². The Labute approximate surface area is 266 Å². The maximum absolute atomic E-state index is 14.1. The molecule has 13 nitrogen and oxygen atoms in total. The van der Waals surface area contributed by atoms with Crippen molar-refractivity contribution in [2.24, 2.45) is 10.8 Å². The summed E-state index contributed by atoms with van der Waals surface area (Å²) >= 11 is 0. The van der Waals surface area contributed by atoms with E-state index in [1.807, 2.05) is 0 Å². The maximum Gasteiger partial charge on any atom is 0.351 e. The van der Waals surface area contributed by atoms with Crippen molar-refractivity contribution in [3.8, 4) is 0 Å². The molecule has 2 aromatic carbocycles. The third-order valence-corrected chi connectivity index (χ3v) is 13.1. The van der Waals surface area contributed by atoms with E-state index in [4.69, 9.17) is 32.1 Å². The minimum atomic E-state index is -4.47. The molecule has 0 spiro atoms. The van der Waals surface area contributed by atoms with Crippen LogP contribution in [0, 0.1) is 24.7 Å². The van der Waals surface area contributed by atoms with Crippen molar-refractivity contribution in [2.45, 2.75) is 106 Å². The molecule has 4 aliphatic heterocycles. The van der Waals surface area contributed by atoms with E-state index in [0.29, 0.717) is 6.42 Å². The van der Waals surface area contributed by atoms with Crippen molar-refractivity contribution >= 4 is 32.2 Å². The van der Waals surface area contributed by atoms with Crippen LogP contribution in [0.25, 0.3) is 0 Å². The highest BCUT2D eigenvalue weighted by molar-refractivity contribution is 7.87. The molecular weight excluding hydrogens is 644 g/mol. The summed E-state index contributed by atoms with van der Waals surface area (Å²) in [7, 11) is -8.95. The van der Waals surface area contributed by atoms with Crippen LogP contribution in [0.1, 0.15) is 44.7 Å². The summed E-state index contributed by atoms with van der Waals surface area (Å²) in [6.07, 6.45) is -7.78. The van der Waals surface area contributed by atoms with E-state index < -0.39 is 91.7 Å². The second-order valence-corrected chi connectivity index (χ2v) is 16.4. The second kappa shape index (κ2) is 10.3. The lowest BCUT2D eigenvalue weighted by atomic mass is 9.66. The van der Waals surface area contributed by atoms with E-state index in [-0.39, 0.29) is 16.2 Å². The lowest BCUT2D eigenvalue weighted by Crippen LogP contribution is -2.77. The number of rotatable bonds is 8. The minimum Gasteiger partial charge on any atom is -0.454 e. The number of hydrogen-bond acceptors (Lipinski definition) is 13. The molecule has 6 fully saturated rings. The zero-order chi connectivity index (χ0) is 33.0. The molecule has 4 saturated heterocycles. The van der Waals surface area contributed by atoms with Crippen LogP contribution in [0.3, 0.4) is 0 Å². The van der Waals surface area contributed by atoms with Crippen LogP contribution in [0.5, 0.6) is 0 Å². The van der Waals surface area contributed by atoms with E-state index >= 15 is 0 Å². The van der Waals surface area contributed by atoms with Crippen molar-refractivity contribution in [3.05, 3.63) is 59.7 Å². The molecule has 4 heterocycles. The van der Waals surface area contributed by atoms with Crippen LogP contribution >= 0.6 is 0 Å². The zero-order valence-electron chi connectivity index (χ0n) is 25.7. The van der Waals surface area contributed by atoms with Gasteiger partial charge in [-0.2, -0.15) is 16.8 Å². The van der Waals surface area contributed by atoms with Crippen molar-refractivity contribution in [1.29, 1.82) is 0 Å². The van der Waals surface area contributed by atoms with Crippen molar-refractivity contribution in [3.63, 3.8) is 0 Å². The summed E-state index contributed by atoms with van der Waals surface area (Å²) in [6, 6.07) is 11.8. The van der Waals surface area contributed by atoms with Gasteiger partial charge >= 0.3 is 11.9 Å². The van der Waals surface area contributed by atoms with Crippen LogP contribution in [-0.2, 0) is 61.9 Å². The van der Waals surface area contributed by atoms with Crippen molar-refractivity contribution in [1.82, 2.24) is 0 Å². The Morgan fingerprint density at radius 3 is 1.54 bits per heavy atom. The molecule has 2 aromatic rings. The quantitative estimate of drug-likeness (QED) is 0.296. The number of hydrogen-bond donors (Lipinski definition) is 0. The van der Waals surface area contributed by atoms with Gasteiger partial charge in [-0.25, -0.2) is 4.79 Å². The van der Waals surface area contributed by atoms with E-state index in [1.165, 1.54) is 24.3 Å². The molecule has 8 rings (SSSR count). The Kier molecular flexibility index (Phi) is 7.08. The first kappa shape index (κ1) is 31.7. The molecular formula is C31H34O13S2. The van der Waals surface area contributed by atoms with Crippen LogP contribution in [0.15, 0.2) is 58.3 Å². The minimum absolute atomic E-state index is 0.162. The van der Waals surface area contributed by atoms with Gasteiger partial charge in [0.05, 0.1) is 15.2 Å². The van der Waals surface area contributed by atoms with Crippen molar-refractivity contribution < 1.29 is 58.5 Å². The molecule has 2 aliphatic carbocycles. The summed E-state index contributed by atoms with van der Waals surface area (Å²) in [6.45, 7) is 7.49. The van der Waals surface area contributed by atoms with E-state index in [1.54, 1.807) is 58.9 Å². The van der Waals surface area contributed by atoms with E-state index in [2.05, 4.69) is 0 Å². The Bertz CT molecular complexity index is 1710. The van der Waals surface area contributed by atoms with Crippen molar-refractivity contribution in [2.75, 3.05) is 0 Å². The molecule has 0 N–H and O–H groups in total. The number of ether oxygens (including phenoxy) is 5. The third kappa shape index (κ3) is 4.50. The fourth-order valence-electron chi connectivity index (χ4n) is 7.16. The number of esters is 2. The molecule has 46 heavy (non-hydrogen) atoms. The molecule has 5 unspecified atom stereocenters. The first-order valence-electron chi connectivity index (χ1n) is 14.9. The average Bonchev–Trinajstić information content (AvgIpc) is 3.28. The highest BCUT2D eigenvalue weighted by Gasteiger charge is 2.77. The maximum atomic E-state index is 14.1. The number of carbonyl (C=O) groups excluding carboxylic acids is 2. The molecule has 0 radical (unpaired) electrons. The van der Waals surface area contributed by atoms with Gasteiger partial charge in [0.15, 0.2) is 6.10 Å². The number of fused-ring (bicyclic) bond motifs is 2. The molecule has 9 atom stereocenters. The third-order valence-electron chi connectivity index (χ3n) is 10.5. The Hall–Kier alpha value is -2.92. The highest BCUT2D eigenvalue weighted by Crippen LogP contribution is 2.66. The summed E-state index contributed by atoms with van der Waals surface area (Å²) < 4.78 is 94.5. The fourth-order valence-corrected chi connectivity index (χ4v) is 9.34. The molecule has 0 amide bonds. The lowest BCUT2D eigenvalue weighted by molar-refractivity contribution is -0.476. The van der Waals surface area contributed by atoms with Gasteiger partial charge in [-0.3, -0.25) is 13.2 Å². The van der Waals surface area contributed by atoms with Gasteiger partial charge in [0, 0.05) is 5.41 Å². The average molecular weight is 679 g/mol. The lowest BCUT2D eigenvalue weighted by Gasteiger charge is -2.57. The monoisotopic (exact) mass is 678 g/mol. The SMILES string of the molecule is Cc1ccc(S(=O)(=O)O[C@H]2C3OC4O[C@@H]2C(OC(=O)C25CCC(C)(C(=O)O2)C5(C)C)[C@H](O4)[C@H]3OS(=O)(=O)c2ccc(C)cc2)cc1. The Balaban J connectivity index is 1.25. The molecule has 2 saturated carbocycles. The summed E-state index contributed by atoms with van der Waals surface area (Å²) in [4.78, 5) is 26.6. The van der Waals surface area contributed by atoms with Crippen LogP contribution in [0.4, 0.5) is 0 Å². The summed E-state index contributed by atoms with van der Waals surface area (Å²) in [5.41, 5.74) is -1.90. The summed E-state index contributed by atoms with van der Waals surface area (Å²) in [5.74, 6) is -1.42. The number of carbonyl (C=O) groups is 2. The second-order valence-electron chi connectivity index (χ2n) is 13.3. The smallest absolute Gasteiger partial charge is 0.351 e. The predicted octanol–water partition coefficient (Wildman–Crippen LogP) is 2.67. The Morgan fingerprint density at radius 2 is 1.15 bits per heavy atom. The van der Waals surface area contributed by atoms with Gasteiger partial charge in [-0.05, 0) is 57.9 Å². The van der Waals surface area contributed by atoms with Gasteiger partial charge in [0.1, 0.15) is 30.5 Å². The molecule has 0 aromatic heterocycles. The zero-order valence-corrected chi connectivity index (χ0v) is 27.3. The standard InChI is InChI=1S/C31H34O13S2/c1-16-6-10-18(11-7-16)45(34,35)43-24-21-20(38-27(33)31-15-14-30(5,26(32)42-31)29(31,3)4)22-25(23(24)41-28(39-21)40-22)44-46(36,37)19-12-8-17(2)9-13-19/h6-13,20-25,28H,14-15H2,1-5H3/t20?,21-,22+,23?,24-,25-,28?,30?,31?/m1/s1.